The SMILES string of the molecule is CCOC(=O)CC(NC(=O)CNCC1CC1)c1ccc(F)cc1.Cl. The molecule has 1 aromatic rings. The van der Waals surface area contributed by atoms with E-state index in [1.54, 1.807) is 19.1 Å². The van der Waals surface area contributed by atoms with Crippen LogP contribution in [-0.2, 0) is 14.3 Å². The zero-order chi connectivity index (χ0) is 16.7. The first-order chi connectivity index (χ1) is 11.1. The normalized spacial score (nSPS) is 14.4. The number of carbonyl (C=O) groups is 2. The Kier molecular flexibility index (Phi) is 8.71. The molecule has 134 valence electrons. The summed E-state index contributed by atoms with van der Waals surface area (Å²) >= 11 is 0. The predicted molar refractivity (Wildman–Crippen MR) is 91.4 cm³/mol. The summed E-state index contributed by atoms with van der Waals surface area (Å²) in [4.78, 5) is 23.8. The molecule has 0 saturated heterocycles. The molecule has 5 nitrogen and oxygen atoms in total. The summed E-state index contributed by atoms with van der Waals surface area (Å²) in [5.41, 5.74) is 0.676. The van der Waals surface area contributed by atoms with Gasteiger partial charge in [-0.1, -0.05) is 12.1 Å². The number of hydrogen-bond acceptors (Lipinski definition) is 4. The molecule has 2 N–H and O–H groups in total. The second-order valence-electron chi connectivity index (χ2n) is 5.76. The largest absolute Gasteiger partial charge is 0.466 e. The number of esters is 1. The zero-order valence-electron chi connectivity index (χ0n) is 13.7. The van der Waals surface area contributed by atoms with Gasteiger partial charge < -0.3 is 15.4 Å². The first kappa shape index (κ1) is 20.4. The molecule has 1 aromatic carbocycles. The van der Waals surface area contributed by atoms with Gasteiger partial charge in [0.1, 0.15) is 5.82 Å². The molecule has 2 rings (SSSR count). The van der Waals surface area contributed by atoms with Gasteiger partial charge in [0.25, 0.3) is 0 Å². The van der Waals surface area contributed by atoms with E-state index >= 15 is 0 Å². The van der Waals surface area contributed by atoms with Gasteiger partial charge in [0.15, 0.2) is 0 Å². The summed E-state index contributed by atoms with van der Waals surface area (Å²) in [5, 5.41) is 5.91. The molecule has 7 heteroatoms. The number of benzene rings is 1. The van der Waals surface area contributed by atoms with Gasteiger partial charge in [0, 0.05) is 0 Å². The van der Waals surface area contributed by atoms with Crippen molar-refractivity contribution in [3.8, 4) is 0 Å². The summed E-state index contributed by atoms with van der Waals surface area (Å²) in [7, 11) is 0. The molecule has 1 aliphatic carbocycles. The second kappa shape index (κ2) is 10.3. The van der Waals surface area contributed by atoms with Crippen LogP contribution in [0, 0.1) is 11.7 Å². The Morgan fingerprint density at radius 1 is 1.29 bits per heavy atom. The molecule has 24 heavy (non-hydrogen) atoms. The third kappa shape index (κ3) is 7.27. The van der Waals surface area contributed by atoms with Crippen molar-refractivity contribution in [3.63, 3.8) is 0 Å². The van der Waals surface area contributed by atoms with E-state index < -0.39 is 12.0 Å². The van der Waals surface area contributed by atoms with Crippen LogP contribution in [0.25, 0.3) is 0 Å². The van der Waals surface area contributed by atoms with Crippen molar-refractivity contribution in [2.75, 3.05) is 19.7 Å². The van der Waals surface area contributed by atoms with Crippen LogP contribution in [0.15, 0.2) is 24.3 Å². The van der Waals surface area contributed by atoms with Gasteiger partial charge in [0.05, 0.1) is 25.6 Å². The molecule has 1 aliphatic rings. The smallest absolute Gasteiger partial charge is 0.308 e. The number of amides is 1. The molecule has 0 spiro atoms. The maximum absolute atomic E-state index is 13.1. The van der Waals surface area contributed by atoms with E-state index in [1.165, 1.54) is 25.0 Å². The van der Waals surface area contributed by atoms with Gasteiger partial charge in [0.2, 0.25) is 5.91 Å². The molecular weight excluding hydrogens is 335 g/mol. The summed E-state index contributed by atoms with van der Waals surface area (Å²) < 4.78 is 18.0. The predicted octanol–water partition coefficient (Wildman–Crippen LogP) is 2.36. The van der Waals surface area contributed by atoms with Crippen molar-refractivity contribution in [1.82, 2.24) is 10.6 Å². The maximum Gasteiger partial charge on any atom is 0.308 e. The number of ether oxygens (including phenoxy) is 1. The molecular formula is C17H24ClFN2O3. The Balaban J connectivity index is 0.00000288. The fraction of sp³-hybridized carbons (Fsp3) is 0.529. The molecule has 0 radical (unpaired) electrons. The summed E-state index contributed by atoms with van der Waals surface area (Å²) in [6, 6.07) is 5.23. The number of hydrogen-bond donors (Lipinski definition) is 2. The van der Waals surface area contributed by atoms with E-state index in [-0.39, 0.29) is 43.7 Å². The first-order valence-corrected chi connectivity index (χ1v) is 7.99. The second-order valence-corrected chi connectivity index (χ2v) is 5.76. The summed E-state index contributed by atoms with van der Waals surface area (Å²) in [5.74, 6) is -0.256. The Morgan fingerprint density at radius 3 is 2.54 bits per heavy atom. The van der Waals surface area contributed by atoms with Crippen LogP contribution in [0.5, 0.6) is 0 Å². The van der Waals surface area contributed by atoms with Crippen molar-refractivity contribution in [1.29, 1.82) is 0 Å². The fourth-order valence-electron chi connectivity index (χ4n) is 2.29. The van der Waals surface area contributed by atoms with Crippen LogP contribution in [0.1, 0.15) is 37.8 Å². The molecule has 1 saturated carbocycles. The van der Waals surface area contributed by atoms with E-state index in [4.69, 9.17) is 4.74 Å². The highest BCUT2D eigenvalue weighted by Gasteiger charge is 2.22. The monoisotopic (exact) mass is 358 g/mol. The lowest BCUT2D eigenvalue weighted by Crippen LogP contribution is -2.37. The quantitative estimate of drug-likeness (QED) is 0.665. The summed E-state index contributed by atoms with van der Waals surface area (Å²) in [6.07, 6.45) is 2.46. The van der Waals surface area contributed by atoms with Crippen molar-refractivity contribution in [2.45, 2.75) is 32.2 Å². The lowest BCUT2D eigenvalue weighted by Gasteiger charge is -2.19. The molecule has 1 amide bonds. The minimum absolute atomic E-state index is 0. The van der Waals surface area contributed by atoms with Crippen molar-refractivity contribution in [3.05, 3.63) is 35.6 Å². The van der Waals surface area contributed by atoms with Crippen molar-refractivity contribution in [2.24, 2.45) is 5.92 Å². The Bertz CT molecular complexity index is 535. The highest BCUT2D eigenvalue weighted by molar-refractivity contribution is 5.85. The molecule has 0 bridgehead atoms. The third-order valence-corrected chi connectivity index (χ3v) is 3.70. The molecule has 1 fully saturated rings. The van der Waals surface area contributed by atoms with Gasteiger partial charge >= 0.3 is 5.97 Å². The van der Waals surface area contributed by atoms with Crippen LogP contribution in [0.2, 0.25) is 0 Å². The van der Waals surface area contributed by atoms with Gasteiger partial charge in [-0.25, -0.2) is 4.39 Å². The highest BCUT2D eigenvalue weighted by atomic mass is 35.5. The van der Waals surface area contributed by atoms with Crippen molar-refractivity contribution < 1.29 is 18.7 Å². The molecule has 0 aliphatic heterocycles. The number of carbonyl (C=O) groups excluding carboxylic acids is 2. The Morgan fingerprint density at radius 2 is 1.96 bits per heavy atom. The number of rotatable bonds is 9. The average Bonchev–Trinajstić information content (AvgIpc) is 3.32. The standard InChI is InChI=1S/C17H23FN2O3.ClH/c1-2-23-17(22)9-15(13-5-7-14(18)8-6-13)20-16(21)11-19-10-12-3-4-12;/h5-8,12,15,19H,2-4,9-11H2,1H3,(H,20,21);1H. The van der Waals surface area contributed by atoms with Gasteiger partial charge in [-0.3, -0.25) is 9.59 Å². The Hall–Kier alpha value is -1.66. The van der Waals surface area contributed by atoms with Crippen LogP contribution in [0.3, 0.4) is 0 Å². The Labute approximate surface area is 147 Å². The van der Waals surface area contributed by atoms with E-state index in [0.717, 1.165) is 6.54 Å². The lowest BCUT2D eigenvalue weighted by atomic mass is 10.0. The molecule has 1 unspecified atom stereocenters. The van der Waals surface area contributed by atoms with Crippen LogP contribution < -0.4 is 10.6 Å². The fourth-order valence-corrected chi connectivity index (χ4v) is 2.29. The first-order valence-electron chi connectivity index (χ1n) is 7.99. The van der Waals surface area contributed by atoms with Crippen LogP contribution >= 0.6 is 12.4 Å². The zero-order valence-corrected chi connectivity index (χ0v) is 14.5. The minimum atomic E-state index is -0.523. The van der Waals surface area contributed by atoms with Gasteiger partial charge in [-0.05, 0) is 49.9 Å². The average molecular weight is 359 g/mol. The molecule has 0 aromatic heterocycles. The minimum Gasteiger partial charge on any atom is -0.466 e. The molecule has 1 atom stereocenters. The van der Waals surface area contributed by atoms with Gasteiger partial charge in [-0.15, -0.1) is 12.4 Å². The van der Waals surface area contributed by atoms with Crippen LogP contribution in [-0.4, -0.2) is 31.6 Å². The van der Waals surface area contributed by atoms with E-state index in [2.05, 4.69) is 10.6 Å². The molecule has 0 heterocycles. The van der Waals surface area contributed by atoms with E-state index in [1.807, 2.05) is 0 Å². The number of nitrogens with one attached hydrogen (secondary N) is 2. The van der Waals surface area contributed by atoms with Gasteiger partial charge in [-0.2, -0.15) is 0 Å². The highest BCUT2D eigenvalue weighted by Crippen LogP contribution is 2.27. The summed E-state index contributed by atoms with van der Waals surface area (Å²) in [6.45, 7) is 3.06. The third-order valence-electron chi connectivity index (χ3n) is 3.70. The lowest BCUT2D eigenvalue weighted by molar-refractivity contribution is -0.143. The van der Waals surface area contributed by atoms with E-state index in [9.17, 15) is 14.0 Å². The topological polar surface area (TPSA) is 67.4 Å². The number of halogens is 2. The van der Waals surface area contributed by atoms with Crippen LogP contribution in [0.4, 0.5) is 4.39 Å². The van der Waals surface area contributed by atoms with E-state index in [0.29, 0.717) is 11.5 Å². The maximum atomic E-state index is 13.1. The van der Waals surface area contributed by atoms with Crippen molar-refractivity contribution >= 4 is 24.3 Å².